The molecule has 0 amide bonds. The molecule has 1 aromatic carbocycles. The van der Waals surface area contributed by atoms with E-state index in [1.54, 1.807) is 13.2 Å². The van der Waals surface area contributed by atoms with Crippen molar-refractivity contribution in [1.82, 2.24) is 5.32 Å². The Bertz CT molecular complexity index is 402. The predicted molar refractivity (Wildman–Crippen MR) is 67.1 cm³/mol. The molecule has 3 nitrogen and oxygen atoms in total. The van der Waals surface area contributed by atoms with Crippen molar-refractivity contribution in [2.75, 3.05) is 14.2 Å². The van der Waals surface area contributed by atoms with Gasteiger partial charge in [-0.1, -0.05) is 6.07 Å². The number of hydrogen-bond donors (Lipinski definition) is 2. The summed E-state index contributed by atoms with van der Waals surface area (Å²) >= 11 is 3.42. The molecule has 1 aliphatic carbocycles. The minimum Gasteiger partial charge on any atom is -0.503 e. The maximum atomic E-state index is 9.88. The van der Waals surface area contributed by atoms with Gasteiger partial charge in [0.2, 0.25) is 0 Å². The number of rotatable bonds is 4. The van der Waals surface area contributed by atoms with Gasteiger partial charge in [-0.3, -0.25) is 0 Å². The largest absolute Gasteiger partial charge is 0.503 e. The zero-order valence-corrected chi connectivity index (χ0v) is 11.1. The van der Waals surface area contributed by atoms with Gasteiger partial charge < -0.3 is 15.2 Å². The van der Waals surface area contributed by atoms with Gasteiger partial charge in [-0.15, -0.1) is 0 Å². The van der Waals surface area contributed by atoms with E-state index in [1.807, 2.05) is 13.1 Å². The standard InChI is InChI=1S/C12H16BrNO2/c1-14-12(5-6-12)7-8-3-4-9(16-2)11(15)10(8)13/h3-4,14-15H,5-7H2,1-2H3. The molecule has 0 saturated heterocycles. The topological polar surface area (TPSA) is 41.5 Å². The van der Waals surface area contributed by atoms with Gasteiger partial charge in [0.1, 0.15) is 0 Å². The van der Waals surface area contributed by atoms with Crippen LogP contribution in [0.1, 0.15) is 18.4 Å². The lowest BCUT2D eigenvalue weighted by Crippen LogP contribution is -2.29. The molecule has 1 aromatic rings. The Morgan fingerprint density at radius 3 is 2.69 bits per heavy atom. The number of methoxy groups -OCH3 is 1. The Labute approximate surface area is 104 Å². The lowest BCUT2D eigenvalue weighted by atomic mass is 10.0. The zero-order valence-electron chi connectivity index (χ0n) is 9.51. The second kappa shape index (κ2) is 4.26. The van der Waals surface area contributed by atoms with Crippen molar-refractivity contribution in [3.63, 3.8) is 0 Å². The summed E-state index contributed by atoms with van der Waals surface area (Å²) in [7, 11) is 3.54. The normalized spacial score (nSPS) is 17.2. The first-order chi connectivity index (χ1) is 7.62. The molecule has 2 rings (SSSR count). The van der Waals surface area contributed by atoms with E-state index >= 15 is 0 Å². The smallest absolute Gasteiger partial charge is 0.172 e. The summed E-state index contributed by atoms with van der Waals surface area (Å²) in [5.41, 5.74) is 1.36. The van der Waals surface area contributed by atoms with Gasteiger partial charge in [0, 0.05) is 5.54 Å². The van der Waals surface area contributed by atoms with E-state index in [0.717, 1.165) is 16.5 Å². The summed E-state index contributed by atoms with van der Waals surface area (Å²) in [6, 6.07) is 3.81. The van der Waals surface area contributed by atoms with E-state index in [1.165, 1.54) is 12.8 Å². The molecule has 0 spiro atoms. The van der Waals surface area contributed by atoms with Crippen molar-refractivity contribution in [1.29, 1.82) is 0 Å². The number of likely N-dealkylation sites (N-methyl/N-ethyl adjacent to an activating group) is 1. The molecule has 1 saturated carbocycles. The summed E-state index contributed by atoms with van der Waals surface area (Å²) in [5.74, 6) is 0.692. The van der Waals surface area contributed by atoms with Crippen molar-refractivity contribution in [2.24, 2.45) is 0 Å². The van der Waals surface area contributed by atoms with E-state index in [9.17, 15) is 5.11 Å². The van der Waals surface area contributed by atoms with Crippen LogP contribution in [0.15, 0.2) is 16.6 Å². The van der Waals surface area contributed by atoms with Crippen molar-refractivity contribution in [3.05, 3.63) is 22.2 Å². The van der Waals surface area contributed by atoms with Gasteiger partial charge in [-0.2, -0.15) is 0 Å². The molecule has 0 aromatic heterocycles. The van der Waals surface area contributed by atoms with Crippen LogP contribution in [0, 0.1) is 0 Å². The molecule has 0 bridgehead atoms. The van der Waals surface area contributed by atoms with Crippen LogP contribution in [0.3, 0.4) is 0 Å². The molecule has 2 N–H and O–H groups in total. The maximum absolute atomic E-state index is 9.88. The summed E-state index contributed by atoms with van der Waals surface area (Å²) < 4.78 is 5.80. The highest BCUT2D eigenvalue weighted by Crippen LogP contribution is 2.43. The average Bonchev–Trinajstić information content (AvgIpc) is 3.06. The van der Waals surface area contributed by atoms with E-state index < -0.39 is 0 Å². The molecule has 0 unspecified atom stereocenters. The number of benzene rings is 1. The summed E-state index contributed by atoms with van der Waals surface area (Å²) in [4.78, 5) is 0. The van der Waals surface area contributed by atoms with Crippen LogP contribution in [0.5, 0.6) is 11.5 Å². The first-order valence-electron chi connectivity index (χ1n) is 5.35. The monoisotopic (exact) mass is 285 g/mol. The fourth-order valence-electron chi connectivity index (χ4n) is 1.92. The molecule has 16 heavy (non-hydrogen) atoms. The van der Waals surface area contributed by atoms with Gasteiger partial charge in [0.25, 0.3) is 0 Å². The molecule has 0 atom stereocenters. The Hall–Kier alpha value is -0.740. The van der Waals surface area contributed by atoms with Crippen LogP contribution in [0.4, 0.5) is 0 Å². The Morgan fingerprint density at radius 2 is 2.19 bits per heavy atom. The first kappa shape index (κ1) is 11.7. The van der Waals surface area contributed by atoms with E-state index in [0.29, 0.717) is 5.75 Å². The second-order valence-electron chi connectivity index (χ2n) is 4.30. The van der Waals surface area contributed by atoms with Crippen molar-refractivity contribution in [2.45, 2.75) is 24.8 Å². The van der Waals surface area contributed by atoms with Crippen LogP contribution in [0.2, 0.25) is 0 Å². The van der Waals surface area contributed by atoms with Crippen molar-refractivity contribution in [3.8, 4) is 11.5 Å². The van der Waals surface area contributed by atoms with Crippen LogP contribution in [-0.4, -0.2) is 24.8 Å². The van der Waals surface area contributed by atoms with Gasteiger partial charge in [0.15, 0.2) is 11.5 Å². The molecule has 0 heterocycles. The number of hydrogen-bond acceptors (Lipinski definition) is 3. The molecule has 4 heteroatoms. The van der Waals surface area contributed by atoms with E-state index in [4.69, 9.17) is 4.74 Å². The third-order valence-corrected chi connectivity index (χ3v) is 4.18. The Balaban J connectivity index is 2.25. The highest BCUT2D eigenvalue weighted by atomic mass is 79.9. The van der Waals surface area contributed by atoms with Crippen molar-refractivity contribution < 1.29 is 9.84 Å². The fraction of sp³-hybridized carbons (Fsp3) is 0.500. The van der Waals surface area contributed by atoms with Crippen molar-refractivity contribution >= 4 is 15.9 Å². The molecular formula is C12H16BrNO2. The SMILES string of the molecule is CNC1(Cc2ccc(OC)c(O)c2Br)CC1. The molecule has 1 fully saturated rings. The van der Waals surface area contributed by atoms with Gasteiger partial charge >= 0.3 is 0 Å². The molecule has 0 aliphatic heterocycles. The predicted octanol–water partition coefficient (Wildman–Crippen LogP) is 2.46. The number of phenolic OH excluding ortho intramolecular Hbond substituents is 1. The molecule has 0 radical (unpaired) electrons. The number of ether oxygens (including phenoxy) is 1. The number of aromatic hydroxyl groups is 1. The van der Waals surface area contributed by atoms with Gasteiger partial charge in [-0.05, 0) is 53.9 Å². The Morgan fingerprint density at radius 1 is 1.50 bits per heavy atom. The first-order valence-corrected chi connectivity index (χ1v) is 6.14. The Kier molecular flexibility index (Phi) is 3.13. The lowest BCUT2D eigenvalue weighted by molar-refractivity contribution is 0.371. The number of phenols is 1. The van der Waals surface area contributed by atoms with E-state index in [-0.39, 0.29) is 11.3 Å². The van der Waals surface area contributed by atoms with E-state index in [2.05, 4.69) is 21.2 Å². The quantitative estimate of drug-likeness (QED) is 0.893. The maximum Gasteiger partial charge on any atom is 0.172 e. The highest BCUT2D eigenvalue weighted by molar-refractivity contribution is 9.10. The summed E-state index contributed by atoms with van der Waals surface area (Å²) in [5, 5.41) is 13.2. The fourth-order valence-corrected chi connectivity index (χ4v) is 2.39. The molecule has 88 valence electrons. The number of nitrogens with one attached hydrogen (secondary N) is 1. The molecule has 1 aliphatic rings. The van der Waals surface area contributed by atoms with Crippen LogP contribution < -0.4 is 10.1 Å². The van der Waals surface area contributed by atoms with Gasteiger partial charge in [-0.25, -0.2) is 0 Å². The summed E-state index contributed by atoms with van der Waals surface area (Å²) in [6.45, 7) is 0. The minimum absolute atomic E-state index is 0.187. The minimum atomic E-state index is 0.187. The third kappa shape index (κ3) is 2.04. The molecular weight excluding hydrogens is 270 g/mol. The van der Waals surface area contributed by atoms with Crippen LogP contribution in [0.25, 0.3) is 0 Å². The average molecular weight is 286 g/mol. The zero-order chi connectivity index (χ0) is 11.8. The van der Waals surface area contributed by atoms with Crippen LogP contribution >= 0.6 is 15.9 Å². The second-order valence-corrected chi connectivity index (χ2v) is 5.09. The van der Waals surface area contributed by atoms with Gasteiger partial charge in [0.05, 0.1) is 11.6 Å². The van der Waals surface area contributed by atoms with Crippen LogP contribution in [-0.2, 0) is 6.42 Å². The number of halogens is 1. The third-order valence-electron chi connectivity index (χ3n) is 3.29. The highest BCUT2D eigenvalue weighted by Gasteiger charge is 2.41. The summed E-state index contributed by atoms with van der Waals surface area (Å²) in [6.07, 6.45) is 3.33. The lowest BCUT2D eigenvalue weighted by Gasteiger charge is -2.16.